The van der Waals surface area contributed by atoms with Crippen molar-refractivity contribution in [2.24, 2.45) is 11.8 Å². The van der Waals surface area contributed by atoms with E-state index in [0.29, 0.717) is 5.56 Å². The van der Waals surface area contributed by atoms with Crippen LogP contribution in [0.4, 0.5) is 4.39 Å². The third-order valence-electron chi connectivity index (χ3n) is 4.96. The van der Waals surface area contributed by atoms with Crippen LogP contribution in [0.3, 0.4) is 0 Å². The molecule has 0 radical (unpaired) electrons. The molecule has 0 aliphatic heterocycles. The molecule has 2 aliphatic rings. The van der Waals surface area contributed by atoms with Crippen LogP contribution in [0.5, 0.6) is 0 Å². The molecule has 0 saturated heterocycles. The molecular weight excluding hydrogens is 277 g/mol. The Morgan fingerprint density at radius 1 is 1.23 bits per heavy atom. The van der Waals surface area contributed by atoms with E-state index >= 15 is 0 Å². The van der Waals surface area contributed by atoms with Crippen molar-refractivity contribution in [1.82, 2.24) is 4.90 Å². The van der Waals surface area contributed by atoms with E-state index < -0.39 is 0 Å². The minimum Gasteiger partial charge on any atom is -0.302 e. The van der Waals surface area contributed by atoms with Gasteiger partial charge in [-0.05, 0) is 68.6 Å². The van der Waals surface area contributed by atoms with Crippen LogP contribution in [0, 0.1) is 24.6 Å². The van der Waals surface area contributed by atoms with Crippen LogP contribution in [0.1, 0.15) is 49.7 Å². The topological polar surface area (TPSA) is 20.3 Å². The van der Waals surface area contributed by atoms with Gasteiger partial charge in [-0.25, -0.2) is 4.39 Å². The first-order chi connectivity index (χ1) is 10.5. The molecule has 0 spiro atoms. The van der Waals surface area contributed by atoms with E-state index in [1.165, 1.54) is 25.7 Å². The number of nitrogens with zero attached hydrogens (tertiary/aromatic N) is 1. The summed E-state index contributed by atoms with van der Waals surface area (Å²) in [6.07, 6.45) is 5.30. The summed E-state index contributed by atoms with van der Waals surface area (Å²) in [6.45, 7) is 6.34. The van der Waals surface area contributed by atoms with Crippen molar-refractivity contribution < 1.29 is 9.18 Å². The predicted molar refractivity (Wildman–Crippen MR) is 86.4 cm³/mol. The van der Waals surface area contributed by atoms with Crippen LogP contribution in [0.2, 0.25) is 0 Å². The summed E-state index contributed by atoms with van der Waals surface area (Å²) in [5.41, 5.74) is 1.46. The number of ketones is 1. The highest BCUT2D eigenvalue weighted by molar-refractivity contribution is 5.83. The molecule has 0 N–H and O–H groups in total. The fourth-order valence-corrected chi connectivity index (χ4v) is 3.11. The summed E-state index contributed by atoms with van der Waals surface area (Å²) >= 11 is 0. The predicted octanol–water partition coefficient (Wildman–Crippen LogP) is 3.93. The normalized spacial score (nSPS) is 19.5. The molecule has 22 heavy (non-hydrogen) atoms. The molecule has 0 unspecified atom stereocenters. The SMILES string of the molecule is CC(=O)[C@H](CN(CC1CC1)CC1CC1)c1ccc(C)c(F)c1. The van der Waals surface area contributed by atoms with Crippen molar-refractivity contribution in [2.45, 2.75) is 45.4 Å². The lowest BCUT2D eigenvalue weighted by Gasteiger charge is -2.27. The first-order valence-corrected chi connectivity index (χ1v) is 8.51. The number of rotatable bonds is 8. The minimum absolute atomic E-state index is 0.139. The smallest absolute Gasteiger partial charge is 0.138 e. The van der Waals surface area contributed by atoms with Gasteiger partial charge in [0.05, 0.1) is 5.92 Å². The lowest BCUT2D eigenvalue weighted by molar-refractivity contribution is -0.118. The summed E-state index contributed by atoms with van der Waals surface area (Å²) in [5.74, 6) is 1.37. The van der Waals surface area contributed by atoms with E-state index in [-0.39, 0.29) is 17.5 Å². The molecule has 2 aliphatic carbocycles. The summed E-state index contributed by atoms with van der Waals surface area (Å²) in [7, 11) is 0. The van der Waals surface area contributed by atoms with Crippen molar-refractivity contribution in [3.8, 4) is 0 Å². The third kappa shape index (κ3) is 4.16. The number of carbonyl (C=O) groups excluding carboxylic acids is 1. The Kier molecular flexibility index (Phi) is 4.62. The van der Waals surface area contributed by atoms with Crippen LogP contribution in [0.15, 0.2) is 18.2 Å². The van der Waals surface area contributed by atoms with Crippen molar-refractivity contribution in [3.05, 3.63) is 35.1 Å². The van der Waals surface area contributed by atoms with Gasteiger partial charge in [-0.3, -0.25) is 4.79 Å². The number of carbonyl (C=O) groups is 1. The van der Waals surface area contributed by atoms with E-state index in [2.05, 4.69) is 4.90 Å². The first-order valence-electron chi connectivity index (χ1n) is 8.51. The lowest BCUT2D eigenvalue weighted by atomic mass is 9.93. The molecule has 2 fully saturated rings. The molecule has 1 aromatic rings. The standard InChI is InChI=1S/C19H26FNO/c1-13-3-8-17(9-19(13)20)18(14(2)22)12-21(10-15-4-5-15)11-16-6-7-16/h3,8-9,15-16,18H,4-7,10-12H2,1-2H3/t18-/m0/s1. The van der Waals surface area contributed by atoms with Gasteiger partial charge in [-0.2, -0.15) is 0 Å². The first kappa shape index (κ1) is 15.7. The zero-order valence-corrected chi connectivity index (χ0v) is 13.6. The van der Waals surface area contributed by atoms with Crippen LogP contribution >= 0.6 is 0 Å². The average molecular weight is 303 g/mol. The Morgan fingerprint density at radius 2 is 1.82 bits per heavy atom. The summed E-state index contributed by atoms with van der Waals surface area (Å²) in [6, 6.07) is 5.25. The van der Waals surface area contributed by atoms with Crippen molar-refractivity contribution in [2.75, 3.05) is 19.6 Å². The van der Waals surface area contributed by atoms with Crippen molar-refractivity contribution in [3.63, 3.8) is 0 Å². The molecule has 2 saturated carbocycles. The number of halogens is 1. The van der Waals surface area contributed by atoms with Gasteiger partial charge in [0, 0.05) is 19.6 Å². The Bertz CT molecular complexity index is 534. The molecule has 0 bridgehead atoms. The highest BCUT2D eigenvalue weighted by Gasteiger charge is 2.31. The molecule has 1 atom stereocenters. The average Bonchev–Trinajstić information content (AvgIpc) is 3.35. The fraction of sp³-hybridized carbons (Fsp3) is 0.632. The Hall–Kier alpha value is -1.22. The van der Waals surface area contributed by atoms with Crippen LogP contribution < -0.4 is 0 Å². The zero-order chi connectivity index (χ0) is 15.7. The highest BCUT2D eigenvalue weighted by atomic mass is 19.1. The maximum Gasteiger partial charge on any atom is 0.138 e. The van der Waals surface area contributed by atoms with Crippen LogP contribution in [-0.4, -0.2) is 30.3 Å². The zero-order valence-electron chi connectivity index (χ0n) is 13.6. The minimum atomic E-state index is -0.209. The molecular formula is C19H26FNO. The van der Waals surface area contributed by atoms with Gasteiger partial charge in [0.15, 0.2) is 0 Å². The number of hydrogen-bond acceptors (Lipinski definition) is 2. The number of aryl methyl sites for hydroxylation is 1. The van der Waals surface area contributed by atoms with E-state index in [1.54, 1.807) is 26.0 Å². The third-order valence-corrected chi connectivity index (χ3v) is 4.96. The van der Waals surface area contributed by atoms with Crippen molar-refractivity contribution >= 4 is 5.78 Å². The van der Waals surface area contributed by atoms with Gasteiger partial charge >= 0.3 is 0 Å². The van der Waals surface area contributed by atoms with Gasteiger partial charge in [-0.1, -0.05) is 12.1 Å². The number of hydrogen-bond donors (Lipinski definition) is 0. The van der Waals surface area contributed by atoms with Crippen molar-refractivity contribution in [1.29, 1.82) is 0 Å². The molecule has 2 nitrogen and oxygen atoms in total. The highest BCUT2D eigenvalue weighted by Crippen LogP contribution is 2.34. The monoisotopic (exact) mass is 303 g/mol. The number of Topliss-reactive ketones (excluding diaryl/α,β-unsaturated/α-hetero) is 1. The molecule has 1 aromatic carbocycles. The Balaban J connectivity index is 1.72. The van der Waals surface area contributed by atoms with E-state index in [1.807, 2.05) is 6.07 Å². The van der Waals surface area contributed by atoms with Crippen LogP contribution in [0.25, 0.3) is 0 Å². The summed E-state index contributed by atoms with van der Waals surface area (Å²) in [4.78, 5) is 14.6. The quantitative estimate of drug-likeness (QED) is 0.725. The molecule has 3 rings (SSSR count). The van der Waals surface area contributed by atoms with Gasteiger partial charge in [0.1, 0.15) is 11.6 Å². The molecule has 0 heterocycles. The second-order valence-corrected chi connectivity index (χ2v) is 7.28. The van der Waals surface area contributed by atoms with E-state index in [0.717, 1.165) is 37.0 Å². The molecule has 0 aromatic heterocycles. The summed E-state index contributed by atoms with van der Waals surface area (Å²) in [5, 5.41) is 0. The molecule has 120 valence electrons. The van der Waals surface area contributed by atoms with E-state index in [4.69, 9.17) is 0 Å². The molecule has 3 heteroatoms. The summed E-state index contributed by atoms with van der Waals surface area (Å²) < 4.78 is 13.9. The fourth-order valence-electron chi connectivity index (χ4n) is 3.11. The lowest BCUT2D eigenvalue weighted by Crippen LogP contribution is -2.34. The Morgan fingerprint density at radius 3 is 2.27 bits per heavy atom. The number of benzene rings is 1. The van der Waals surface area contributed by atoms with Gasteiger partial charge in [-0.15, -0.1) is 0 Å². The van der Waals surface area contributed by atoms with Gasteiger partial charge in [0.25, 0.3) is 0 Å². The largest absolute Gasteiger partial charge is 0.302 e. The molecule has 0 amide bonds. The Labute approximate surface area is 132 Å². The van der Waals surface area contributed by atoms with E-state index in [9.17, 15) is 9.18 Å². The second kappa shape index (κ2) is 6.49. The van der Waals surface area contributed by atoms with Gasteiger partial charge < -0.3 is 4.90 Å². The maximum atomic E-state index is 13.9. The van der Waals surface area contributed by atoms with Crippen LogP contribution in [-0.2, 0) is 4.79 Å². The maximum absolute atomic E-state index is 13.9. The van der Waals surface area contributed by atoms with Gasteiger partial charge in [0.2, 0.25) is 0 Å². The second-order valence-electron chi connectivity index (χ2n) is 7.28.